The maximum atomic E-state index is 13.2. The molecule has 0 radical (unpaired) electrons. The number of benzene rings is 3. The average Bonchev–Trinajstić information content (AvgIpc) is 2.86. The molecule has 1 aliphatic heterocycles. The summed E-state index contributed by atoms with van der Waals surface area (Å²) in [5.74, 6) is -0.548. The van der Waals surface area contributed by atoms with Crippen LogP contribution in [0.2, 0.25) is 0 Å². The Labute approximate surface area is 151 Å². The van der Waals surface area contributed by atoms with Gasteiger partial charge in [0.15, 0.2) is 5.72 Å². The molecule has 1 atom stereocenters. The van der Waals surface area contributed by atoms with Gasteiger partial charge in [-0.2, -0.15) is 0 Å². The third-order valence-electron chi connectivity index (χ3n) is 4.83. The van der Waals surface area contributed by atoms with Crippen LogP contribution in [0.15, 0.2) is 78.9 Å². The van der Waals surface area contributed by atoms with Crippen LogP contribution < -0.4 is 0 Å². The maximum absolute atomic E-state index is 13.2. The Morgan fingerprint density at radius 2 is 1.50 bits per heavy atom. The van der Waals surface area contributed by atoms with Crippen molar-refractivity contribution in [1.82, 2.24) is 4.90 Å². The molecule has 3 aromatic carbocycles. The van der Waals surface area contributed by atoms with Gasteiger partial charge >= 0.3 is 0 Å². The lowest BCUT2D eigenvalue weighted by molar-refractivity contribution is -0.0878. The second-order valence-corrected chi connectivity index (χ2v) is 6.54. The molecule has 3 nitrogen and oxygen atoms in total. The quantitative estimate of drug-likeness (QED) is 0.778. The summed E-state index contributed by atoms with van der Waals surface area (Å²) in [5, 5.41) is 11.6. The van der Waals surface area contributed by atoms with Crippen molar-refractivity contribution < 1.29 is 14.3 Å². The number of carbonyl (C=O) groups is 1. The van der Waals surface area contributed by atoms with Crippen LogP contribution in [-0.2, 0) is 18.7 Å². The predicted molar refractivity (Wildman–Crippen MR) is 96.8 cm³/mol. The van der Waals surface area contributed by atoms with E-state index in [-0.39, 0.29) is 24.7 Å². The third-order valence-corrected chi connectivity index (χ3v) is 4.83. The van der Waals surface area contributed by atoms with Crippen LogP contribution in [0.4, 0.5) is 4.39 Å². The number of amides is 1. The number of hydrogen-bond acceptors (Lipinski definition) is 2. The molecule has 0 spiro atoms. The van der Waals surface area contributed by atoms with E-state index in [1.54, 1.807) is 30.3 Å². The lowest BCUT2D eigenvalue weighted by atomic mass is 9.94. The highest BCUT2D eigenvalue weighted by atomic mass is 19.1. The van der Waals surface area contributed by atoms with Gasteiger partial charge in [-0.15, -0.1) is 0 Å². The van der Waals surface area contributed by atoms with Crippen LogP contribution in [0.3, 0.4) is 0 Å². The van der Waals surface area contributed by atoms with Crippen LogP contribution >= 0.6 is 0 Å². The minimum atomic E-state index is -1.44. The number of nitrogens with zero attached hydrogens (tertiary/aromatic N) is 1. The fourth-order valence-electron chi connectivity index (χ4n) is 3.52. The van der Waals surface area contributed by atoms with Crippen LogP contribution in [0.25, 0.3) is 0 Å². The van der Waals surface area contributed by atoms with E-state index >= 15 is 0 Å². The molecule has 0 bridgehead atoms. The van der Waals surface area contributed by atoms with Gasteiger partial charge in [0.2, 0.25) is 0 Å². The molecule has 0 saturated carbocycles. The van der Waals surface area contributed by atoms with Gasteiger partial charge in [0, 0.05) is 24.1 Å². The Balaban J connectivity index is 1.75. The Hall–Kier alpha value is -2.98. The Bertz CT molecular complexity index is 940. The zero-order chi connectivity index (χ0) is 18.1. The molecule has 0 unspecified atom stereocenters. The number of hydrogen-bond donors (Lipinski definition) is 1. The van der Waals surface area contributed by atoms with Gasteiger partial charge < -0.3 is 10.0 Å². The Morgan fingerprint density at radius 3 is 2.23 bits per heavy atom. The summed E-state index contributed by atoms with van der Waals surface area (Å²) in [5.41, 5.74) is 1.37. The highest BCUT2D eigenvalue weighted by molar-refractivity contribution is 5.99. The molecule has 1 N–H and O–H groups in total. The number of carbonyl (C=O) groups excluding carboxylic acids is 1. The molecule has 4 rings (SSSR count). The molecular formula is C22H18FNO2. The topological polar surface area (TPSA) is 40.5 Å². The van der Waals surface area contributed by atoms with Crippen LogP contribution in [-0.4, -0.2) is 15.9 Å². The second-order valence-electron chi connectivity index (χ2n) is 6.54. The highest BCUT2D eigenvalue weighted by Gasteiger charge is 2.48. The molecular weight excluding hydrogens is 329 g/mol. The van der Waals surface area contributed by atoms with Gasteiger partial charge in [0.05, 0.1) is 0 Å². The summed E-state index contributed by atoms with van der Waals surface area (Å²) in [6.45, 7) is 0.205. The SMILES string of the molecule is O=C1c2ccccc2[C@@](O)(Cc2ccccc2)N1Cc1ccc(F)cc1. The van der Waals surface area contributed by atoms with E-state index in [1.807, 2.05) is 36.4 Å². The minimum Gasteiger partial charge on any atom is -0.366 e. The molecule has 1 heterocycles. The molecule has 0 aromatic heterocycles. The molecule has 0 aliphatic carbocycles. The number of aliphatic hydroxyl groups is 1. The van der Waals surface area contributed by atoms with Crippen molar-refractivity contribution in [1.29, 1.82) is 0 Å². The monoisotopic (exact) mass is 347 g/mol. The largest absolute Gasteiger partial charge is 0.366 e. The van der Waals surface area contributed by atoms with Gasteiger partial charge in [-0.05, 0) is 29.3 Å². The Morgan fingerprint density at radius 1 is 0.846 bits per heavy atom. The zero-order valence-corrected chi connectivity index (χ0v) is 14.1. The first-order valence-corrected chi connectivity index (χ1v) is 8.50. The van der Waals surface area contributed by atoms with Crippen molar-refractivity contribution in [3.05, 3.63) is 107 Å². The van der Waals surface area contributed by atoms with E-state index in [0.717, 1.165) is 11.1 Å². The van der Waals surface area contributed by atoms with Crippen molar-refractivity contribution in [3.8, 4) is 0 Å². The lowest BCUT2D eigenvalue weighted by Gasteiger charge is -2.34. The van der Waals surface area contributed by atoms with Crippen LogP contribution in [0.5, 0.6) is 0 Å². The smallest absolute Gasteiger partial charge is 0.257 e. The fraction of sp³-hybridized carbons (Fsp3) is 0.136. The van der Waals surface area contributed by atoms with Crippen molar-refractivity contribution >= 4 is 5.91 Å². The molecule has 1 amide bonds. The van der Waals surface area contributed by atoms with E-state index in [4.69, 9.17) is 0 Å². The second kappa shape index (κ2) is 6.39. The summed E-state index contributed by atoms with van der Waals surface area (Å²) in [4.78, 5) is 14.4. The van der Waals surface area contributed by atoms with Crippen molar-refractivity contribution in [2.24, 2.45) is 0 Å². The van der Waals surface area contributed by atoms with Gasteiger partial charge in [-0.1, -0.05) is 60.7 Å². The number of halogens is 1. The van der Waals surface area contributed by atoms with Gasteiger partial charge in [0.25, 0.3) is 5.91 Å². The lowest BCUT2D eigenvalue weighted by Crippen LogP contribution is -2.45. The van der Waals surface area contributed by atoms with E-state index in [0.29, 0.717) is 11.1 Å². The van der Waals surface area contributed by atoms with E-state index in [9.17, 15) is 14.3 Å². The normalized spacial score (nSPS) is 18.8. The summed E-state index contributed by atoms with van der Waals surface area (Å²) in [7, 11) is 0. The fourth-order valence-corrected chi connectivity index (χ4v) is 3.52. The summed E-state index contributed by atoms with van der Waals surface area (Å²) in [6.07, 6.45) is 0.289. The molecule has 4 heteroatoms. The first kappa shape index (κ1) is 16.5. The summed E-state index contributed by atoms with van der Waals surface area (Å²) in [6, 6.07) is 22.7. The van der Waals surface area contributed by atoms with Gasteiger partial charge in [-0.25, -0.2) is 4.39 Å². The molecule has 26 heavy (non-hydrogen) atoms. The molecule has 130 valence electrons. The van der Waals surface area contributed by atoms with E-state index in [2.05, 4.69) is 0 Å². The highest BCUT2D eigenvalue weighted by Crippen LogP contribution is 2.40. The van der Waals surface area contributed by atoms with Crippen molar-refractivity contribution in [2.45, 2.75) is 18.7 Å². The van der Waals surface area contributed by atoms with Crippen LogP contribution in [0, 0.1) is 5.82 Å². The standard InChI is InChI=1S/C22H18FNO2/c23-18-12-10-17(11-13-18)15-24-21(25)19-8-4-5-9-20(19)22(24,26)14-16-6-2-1-3-7-16/h1-13,26H,14-15H2/t22-/m0/s1. The first-order chi connectivity index (χ1) is 12.6. The molecule has 1 aliphatic rings. The Kier molecular flexibility index (Phi) is 4.05. The summed E-state index contributed by atoms with van der Waals surface area (Å²) >= 11 is 0. The average molecular weight is 347 g/mol. The summed E-state index contributed by atoms with van der Waals surface area (Å²) < 4.78 is 13.2. The molecule has 0 saturated heterocycles. The van der Waals surface area contributed by atoms with Crippen molar-refractivity contribution in [2.75, 3.05) is 0 Å². The molecule has 3 aromatic rings. The van der Waals surface area contributed by atoms with Gasteiger partial charge in [-0.3, -0.25) is 4.79 Å². The van der Waals surface area contributed by atoms with Gasteiger partial charge in [0.1, 0.15) is 5.82 Å². The van der Waals surface area contributed by atoms with E-state index in [1.165, 1.54) is 17.0 Å². The van der Waals surface area contributed by atoms with E-state index < -0.39 is 5.72 Å². The minimum absolute atomic E-state index is 0.205. The van der Waals surface area contributed by atoms with Crippen LogP contribution in [0.1, 0.15) is 27.0 Å². The van der Waals surface area contributed by atoms with Crippen molar-refractivity contribution in [3.63, 3.8) is 0 Å². The number of fused-ring (bicyclic) bond motifs is 1. The maximum Gasteiger partial charge on any atom is 0.257 e. The zero-order valence-electron chi connectivity index (χ0n) is 14.1. The number of rotatable bonds is 4. The third kappa shape index (κ3) is 2.78. The first-order valence-electron chi connectivity index (χ1n) is 8.50. The predicted octanol–water partition coefficient (Wildman–Crippen LogP) is 3.87. The molecule has 0 fully saturated rings.